The van der Waals surface area contributed by atoms with Crippen molar-refractivity contribution >= 4 is 0 Å². The second kappa shape index (κ2) is 7.31. The van der Waals surface area contributed by atoms with Gasteiger partial charge in [0.1, 0.15) is 12.4 Å². The van der Waals surface area contributed by atoms with Crippen molar-refractivity contribution in [2.24, 2.45) is 0 Å². The monoisotopic (exact) mass is 261 g/mol. The van der Waals surface area contributed by atoms with Crippen LogP contribution < -0.4 is 10.1 Å². The summed E-state index contributed by atoms with van der Waals surface area (Å²) in [5.74, 6) is 0.885. The number of rotatable bonds is 7. The summed E-state index contributed by atoms with van der Waals surface area (Å²) in [6, 6.07) is 8.58. The van der Waals surface area contributed by atoms with Gasteiger partial charge in [-0.05, 0) is 37.5 Å². The minimum Gasteiger partial charge on any atom is -0.490 e. The Morgan fingerprint density at radius 2 is 2.26 bits per heavy atom. The summed E-state index contributed by atoms with van der Waals surface area (Å²) in [5.41, 5.74) is 1.26. The molecule has 1 heterocycles. The predicted octanol–water partition coefficient (Wildman–Crippen LogP) is 2.91. The number of nitrogens with one attached hydrogen (secondary N) is 1. The van der Waals surface area contributed by atoms with Crippen molar-refractivity contribution in [3.8, 4) is 5.75 Å². The lowest BCUT2D eigenvalue weighted by Crippen LogP contribution is -2.36. The van der Waals surface area contributed by atoms with Crippen molar-refractivity contribution in [3.05, 3.63) is 42.5 Å². The van der Waals surface area contributed by atoms with Gasteiger partial charge in [-0.1, -0.05) is 24.8 Å². The van der Waals surface area contributed by atoms with Gasteiger partial charge in [-0.3, -0.25) is 0 Å². The average molecular weight is 261 g/mol. The summed E-state index contributed by atoms with van der Waals surface area (Å²) in [4.78, 5) is 0. The maximum absolute atomic E-state index is 5.67. The van der Waals surface area contributed by atoms with Crippen LogP contribution in [0.15, 0.2) is 36.9 Å². The van der Waals surface area contributed by atoms with Crippen LogP contribution in [0.2, 0.25) is 0 Å². The van der Waals surface area contributed by atoms with Crippen LogP contribution in [-0.2, 0) is 11.3 Å². The van der Waals surface area contributed by atoms with E-state index >= 15 is 0 Å². The van der Waals surface area contributed by atoms with Gasteiger partial charge in [0.15, 0.2) is 0 Å². The van der Waals surface area contributed by atoms with E-state index in [1.807, 2.05) is 12.1 Å². The number of hydrogen-bond donors (Lipinski definition) is 1. The van der Waals surface area contributed by atoms with Gasteiger partial charge in [0.2, 0.25) is 0 Å². The van der Waals surface area contributed by atoms with E-state index in [-0.39, 0.29) is 0 Å². The molecule has 0 bridgehead atoms. The van der Waals surface area contributed by atoms with Gasteiger partial charge in [-0.2, -0.15) is 0 Å². The van der Waals surface area contributed by atoms with E-state index in [0.29, 0.717) is 18.8 Å². The quantitative estimate of drug-likeness (QED) is 0.766. The summed E-state index contributed by atoms with van der Waals surface area (Å²) in [7, 11) is 0. The third-order valence-electron chi connectivity index (χ3n) is 3.44. The first-order valence-corrected chi connectivity index (χ1v) is 6.97. The van der Waals surface area contributed by atoms with Crippen LogP contribution in [0.1, 0.15) is 25.3 Å². The lowest BCUT2D eigenvalue weighted by Gasteiger charge is -2.20. The molecule has 3 nitrogen and oxygen atoms in total. The molecule has 2 unspecified atom stereocenters. The maximum Gasteiger partial charge on any atom is 0.119 e. The van der Waals surface area contributed by atoms with Crippen LogP contribution in [0.5, 0.6) is 5.75 Å². The summed E-state index contributed by atoms with van der Waals surface area (Å²) >= 11 is 0. The highest BCUT2D eigenvalue weighted by Gasteiger charge is 2.21. The third kappa shape index (κ3) is 4.37. The zero-order valence-electron chi connectivity index (χ0n) is 11.6. The SMILES string of the molecule is C=CCOc1ccc(CNC(C)C2CCCO2)cc1. The summed E-state index contributed by atoms with van der Waals surface area (Å²) in [6.45, 7) is 8.15. The molecule has 0 aromatic heterocycles. The number of benzene rings is 1. The lowest BCUT2D eigenvalue weighted by atomic mass is 10.1. The number of ether oxygens (including phenoxy) is 2. The molecule has 19 heavy (non-hydrogen) atoms. The Kier molecular flexibility index (Phi) is 5.43. The van der Waals surface area contributed by atoms with Crippen LogP contribution in [-0.4, -0.2) is 25.4 Å². The minimum absolute atomic E-state index is 0.371. The zero-order valence-corrected chi connectivity index (χ0v) is 11.6. The fourth-order valence-corrected chi connectivity index (χ4v) is 2.27. The van der Waals surface area contributed by atoms with Crippen LogP contribution in [0.3, 0.4) is 0 Å². The first-order valence-electron chi connectivity index (χ1n) is 6.97. The van der Waals surface area contributed by atoms with E-state index in [1.165, 1.54) is 18.4 Å². The molecule has 1 aromatic rings. The van der Waals surface area contributed by atoms with Crippen LogP contribution in [0.25, 0.3) is 0 Å². The minimum atomic E-state index is 0.371. The molecule has 1 saturated heterocycles. The van der Waals surface area contributed by atoms with Gasteiger partial charge in [0.05, 0.1) is 6.10 Å². The summed E-state index contributed by atoms with van der Waals surface area (Å²) in [5, 5.41) is 3.52. The van der Waals surface area contributed by atoms with Crippen LogP contribution in [0, 0.1) is 0 Å². The van der Waals surface area contributed by atoms with Crippen molar-refractivity contribution in [1.82, 2.24) is 5.32 Å². The van der Waals surface area contributed by atoms with Crippen molar-refractivity contribution in [2.45, 2.75) is 38.5 Å². The molecule has 1 N–H and O–H groups in total. The smallest absolute Gasteiger partial charge is 0.119 e. The summed E-state index contributed by atoms with van der Waals surface area (Å²) in [6.07, 6.45) is 4.47. The Labute approximate surface area is 115 Å². The Hall–Kier alpha value is -1.32. The van der Waals surface area contributed by atoms with Gasteiger partial charge in [-0.15, -0.1) is 0 Å². The normalized spacial score (nSPS) is 20.2. The molecule has 104 valence electrons. The topological polar surface area (TPSA) is 30.5 Å². The largest absolute Gasteiger partial charge is 0.490 e. The van der Waals surface area contributed by atoms with E-state index in [2.05, 4.69) is 31.0 Å². The van der Waals surface area contributed by atoms with Crippen molar-refractivity contribution in [1.29, 1.82) is 0 Å². The molecule has 0 spiro atoms. The van der Waals surface area contributed by atoms with Crippen LogP contribution in [0.4, 0.5) is 0 Å². The van der Waals surface area contributed by atoms with E-state index in [9.17, 15) is 0 Å². The molecule has 2 atom stereocenters. The molecule has 1 aromatic carbocycles. The van der Waals surface area contributed by atoms with E-state index in [1.54, 1.807) is 6.08 Å². The predicted molar refractivity (Wildman–Crippen MR) is 77.4 cm³/mol. The maximum atomic E-state index is 5.67. The molecule has 3 heteroatoms. The summed E-state index contributed by atoms with van der Waals surface area (Å²) < 4.78 is 11.1. The van der Waals surface area contributed by atoms with E-state index in [4.69, 9.17) is 9.47 Å². The molecule has 0 amide bonds. The highest BCUT2D eigenvalue weighted by atomic mass is 16.5. The molecule has 2 rings (SSSR count). The van der Waals surface area contributed by atoms with E-state index in [0.717, 1.165) is 18.9 Å². The Balaban J connectivity index is 1.77. The Bertz CT molecular complexity index is 382. The molecule has 0 radical (unpaired) electrons. The van der Waals surface area contributed by atoms with E-state index < -0.39 is 0 Å². The Morgan fingerprint density at radius 3 is 2.89 bits per heavy atom. The number of hydrogen-bond acceptors (Lipinski definition) is 3. The standard InChI is InChI=1S/C16H23NO2/c1-3-10-18-15-8-6-14(7-9-15)12-17-13(2)16-5-4-11-19-16/h3,6-9,13,16-17H,1,4-5,10-12H2,2H3. The Morgan fingerprint density at radius 1 is 1.47 bits per heavy atom. The second-order valence-electron chi connectivity index (χ2n) is 4.96. The third-order valence-corrected chi connectivity index (χ3v) is 3.44. The molecule has 1 aliphatic heterocycles. The van der Waals surface area contributed by atoms with Crippen molar-refractivity contribution in [2.75, 3.05) is 13.2 Å². The molecule has 1 fully saturated rings. The van der Waals surface area contributed by atoms with Gasteiger partial charge >= 0.3 is 0 Å². The van der Waals surface area contributed by atoms with Gasteiger partial charge in [0, 0.05) is 19.2 Å². The van der Waals surface area contributed by atoms with Gasteiger partial charge in [0.25, 0.3) is 0 Å². The molecule has 0 saturated carbocycles. The zero-order chi connectivity index (χ0) is 13.5. The highest BCUT2D eigenvalue weighted by molar-refractivity contribution is 5.27. The molecular formula is C16H23NO2. The van der Waals surface area contributed by atoms with Crippen molar-refractivity contribution < 1.29 is 9.47 Å². The van der Waals surface area contributed by atoms with Crippen molar-refractivity contribution in [3.63, 3.8) is 0 Å². The molecule has 1 aliphatic rings. The lowest BCUT2D eigenvalue weighted by molar-refractivity contribution is 0.0832. The fraction of sp³-hybridized carbons (Fsp3) is 0.500. The average Bonchev–Trinajstić information content (AvgIpc) is 2.98. The highest BCUT2D eigenvalue weighted by Crippen LogP contribution is 2.16. The van der Waals surface area contributed by atoms with Crippen LogP contribution >= 0.6 is 0 Å². The molecular weight excluding hydrogens is 238 g/mol. The van der Waals surface area contributed by atoms with Gasteiger partial charge in [-0.25, -0.2) is 0 Å². The first-order chi connectivity index (χ1) is 9.29. The molecule has 0 aliphatic carbocycles. The first kappa shape index (κ1) is 14.1. The second-order valence-corrected chi connectivity index (χ2v) is 4.96. The fourth-order valence-electron chi connectivity index (χ4n) is 2.27. The van der Waals surface area contributed by atoms with Gasteiger partial charge < -0.3 is 14.8 Å².